The summed E-state index contributed by atoms with van der Waals surface area (Å²) in [7, 11) is -4.39. The highest BCUT2D eigenvalue weighted by molar-refractivity contribution is 7.47. The number of carbonyl (C=O) groups excluding carboxylic acids is 2. The van der Waals surface area contributed by atoms with E-state index in [0.717, 1.165) is 38.5 Å². The van der Waals surface area contributed by atoms with Crippen LogP contribution in [0.5, 0.6) is 0 Å². The second-order valence-electron chi connectivity index (χ2n) is 13.9. The summed E-state index contributed by atoms with van der Waals surface area (Å²) in [5.74, 6) is -0.920. The van der Waals surface area contributed by atoms with Crippen molar-refractivity contribution in [3.8, 4) is 0 Å². The van der Waals surface area contributed by atoms with E-state index < -0.39 is 32.5 Å². The fraction of sp³-hybridized carbons (Fsp3) is 0.767. The van der Waals surface area contributed by atoms with E-state index in [1.807, 2.05) is 12.2 Å². The van der Waals surface area contributed by atoms with Crippen LogP contribution < -0.4 is 5.73 Å². The molecule has 0 aliphatic heterocycles. The lowest BCUT2D eigenvalue weighted by atomic mass is 10.0. The number of hydrogen-bond acceptors (Lipinski definition) is 8. The number of hydrogen-bond donors (Lipinski definition) is 2. The van der Waals surface area contributed by atoms with E-state index in [0.29, 0.717) is 6.42 Å². The van der Waals surface area contributed by atoms with Crippen molar-refractivity contribution in [2.24, 2.45) is 5.73 Å². The summed E-state index contributed by atoms with van der Waals surface area (Å²) in [6.45, 7) is 3.64. The number of phosphoric acid groups is 1. The number of phosphoric ester groups is 1. The van der Waals surface area contributed by atoms with E-state index in [4.69, 9.17) is 24.3 Å². The number of allylic oxidation sites excluding steroid dienone is 8. The second-order valence-corrected chi connectivity index (χ2v) is 15.3. The quantitative estimate of drug-likeness (QED) is 0.0271. The Morgan fingerprint density at radius 3 is 1.53 bits per heavy atom. The van der Waals surface area contributed by atoms with Crippen molar-refractivity contribution in [2.45, 2.75) is 187 Å². The highest BCUT2D eigenvalue weighted by atomic mass is 31.2. The summed E-state index contributed by atoms with van der Waals surface area (Å²) in [5, 5.41) is 0. The Hall–Kier alpha value is -2.03. The molecule has 0 saturated heterocycles. The monoisotopic (exact) mass is 768 g/mol. The van der Waals surface area contributed by atoms with Crippen LogP contribution in [0.2, 0.25) is 0 Å². The van der Waals surface area contributed by atoms with Gasteiger partial charge in [-0.2, -0.15) is 0 Å². The molecule has 308 valence electrons. The van der Waals surface area contributed by atoms with Crippen molar-refractivity contribution < 1.29 is 37.6 Å². The van der Waals surface area contributed by atoms with Crippen molar-refractivity contribution in [3.05, 3.63) is 48.6 Å². The summed E-state index contributed by atoms with van der Waals surface area (Å²) in [6.07, 6.45) is 44.4. The van der Waals surface area contributed by atoms with Gasteiger partial charge in [-0.15, -0.1) is 0 Å². The molecule has 0 bridgehead atoms. The molecule has 0 aromatic rings. The van der Waals surface area contributed by atoms with Gasteiger partial charge in [0.2, 0.25) is 0 Å². The molecule has 0 rings (SSSR count). The topological polar surface area (TPSA) is 134 Å². The van der Waals surface area contributed by atoms with Crippen LogP contribution in [0, 0.1) is 0 Å². The van der Waals surface area contributed by atoms with Crippen molar-refractivity contribution >= 4 is 19.8 Å². The van der Waals surface area contributed by atoms with Gasteiger partial charge >= 0.3 is 19.8 Å². The van der Waals surface area contributed by atoms with E-state index >= 15 is 0 Å². The van der Waals surface area contributed by atoms with Gasteiger partial charge in [0.1, 0.15) is 6.61 Å². The molecule has 2 atom stereocenters. The molecule has 0 aromatic carbocycles. The van der Waals surface area contributed by atoms with Crippen LogP contribution in [0.4, 0.5) is 0 Å². The Bertz CT molecular complexity index is 1010. The van der Waals surface area contributed by atoms with Crippen LogP contribution in [0.3, 0.4) is 0 Å². The Kier molecular flexibility index (Phi) is 38.1. The largest absolute Gasteiger partial charge is 0.472 e. The second kappa shape index (κ2) is 39.7. The van der Waals surface area contributed by atoms with Gasteiger partial charge < -0.3 is 20.1 Å². The minimum absolute atomic E-state index is 0.0424. The van der Waals surface area contributed by atoms with Gasteiger partial charge in [-0.05, 0) is 44.9 Å². The van der Waals surface area contributed by atoms with Crippen molar-refractivity contribution in [1.82, 2.24) is 0 Å². The number of nitrogens with two attached hydrogens (primary N) is 1. The zero-order valence-corrected chi connectivity index (χ0v) is 34.6. The van der Waals surface area contributed by atoms with Gasteiger partial charge in [-0.25, -0.2) is 4.57 Å². The van der Waals surface area contributed by atoms with Gasteiger partial charge in [0.15, 0.2) is 6.10 Å². The third-order valence-electron chi connectivity index (χ3n) is 8.73. The first-order valence-electron chi connectivity index (χ1n) is 21.1. The molecule has 0 aliphatic carbocycles. The highest BCUT2D eigenvalue weighted by Crippen LogP contribution is 2.43. The number of ether oxygens (including phenoxy) is 2. The number of unbranched alkanes of at least 4 members (excludes halogenated alkanes) is 18. The predicted molar refractivity (Wildman–Crippen MR) is 220 cm³/mol. The van der Waals surface area contributed by atoms with E-state index in [-0.39, 0.29) is 32.6 Å². The predicted octanol–water partition coefficient (Wildman–Crippen LogP) is 11.9. The van der Waals surface area contributed by atoms with Gasteiger partial charge in [-0.1, -0.05) is 172 Å². The van der Waals surface area contributed by atoms with Crippen LogP contribution in [-0.4, -0.2) is 49.3 Å². The lowest BCUT2D eigenvalue weighted by Crippen LogP contribution is -2.29. The van der Waals surface area contributed by atoms with E-state index in [1.165, 1.54) is 109 Å². The summed E-state index contributed by atoms with van der Waals surface area (Å²) < 4.78 is 32.6. The number of esters is 2. The molecule has 0 heterocycles. The minimum atomic E-state index is -4.39. The van der Waals surface area contributed by atoms with Crippen molar-refractivity contribution in [3.63, 3.8) is 0 Å². The van der Waals surface area contributed by atoms with E-state index in [1.54, 1.807) is 0 Å². The maximum Gasteiger partial charge on any atom is 0.472 e. The molecule has 0 amide bonds. The average Bonchev–Trinajstić information content (AvgIpc) is 3.14. The van der Waals surface area contributed by atoms with E-state index in [9.17, 15) is 19.0 Å². The third kappa shape index (κ3) is 39.5. The van der Waals surface area contributed by atoms with E-state index in [2.05, 4.69) is 50.3 Å². The molecule has 0 aliphatic rings. The molecule has 9 nitrogen and oxygen atoms in total. The minimum Gasteiger partial charge on any atom is -0.462 e. The molecular weight excluding hydrogens is 689 g/mol. The zero-order valence-electron chi connectivity index (χ0n) is 33.7. The standard InChI is InChI=1S/C43H78NO8P/c1-3-5-7-9-11-13-15-17-18-19-20-21-22-24-26-28-30-32-34-36-43(46)52-41(40-51-53(47,48)50-38-37-44)39-49-42(45)35-33-31-29-27-25-23-16-14-12-10-8-6-4-2/h17-18,20-21,24,26,30,32,41H,3-16,19,22-23,25,27-29,31,33-40,44H2,1-2H3,(H,47,48). The number of rotatable bonds is 39. The normalized spacial score (nSPS) is 13.8. The zero-order chi connectivity index (χ0) is 38.9. The third-order valence-corrected chi connectivity index (χ3v) is 9.72. The first kappa shape index (κ1) is 51.0. The molecule has 0 aromatic heterocycles. The number of carbonyl (C=O) groups is 2. The maximum absolute atomic E-state index is 12.5. The van der Waals surface area contributed by atoms with Gasteiger partial charge in [-0.3, -0.25) is 18.6 Å². The fourth-order valence-electron chi connectivity index (χ4n) is 5.58. The Morgan fingerprint density at radius 2 is 1.02 bits per heavy atom. The van der Waals surface area contributed by atoms with Crippen LogP contribution in [0.1, 0.15) is 181 Å². The molecule has 0 radical (unpaired) electrons. The molecule has 10 heteroatoms. The maximum atomic E-state index is 12.5. The lowest BCUT2D eigenvalue weighted by molar-refractivity contribution is -0.161. The average molecular weight is 768 g/mol. The first-order chi connectivity index (χ1) is 25.8. The summed E-state index contributed by atoms with van der Waals surface area (Å²) >= 11 is 0. The Labute approximate surface area is 324 Å². The van der Waals surface area contributed by atoms with Crippen LogP contribution in [0.15, 0.2) is 48.6 Å². The van der Waals surface area contributed by atoms with Crippen LogP contribution >= 0.6 is 7.82 Å². The fourth-order valence-corrected chi connectivity index (χ4v) is 6.35. The SMILES string of the molecule is CCCCCCCCC=CCC=CCC=CCC=CCCC(=O)OC(COC(=O)CCCCCCCCCCCCCCC)COP(=O)(O)OCCN. The molecular formula is C43H78NO8P. The molecule has 3 N–H and O–H groups in total. The van der Waals surface area contributed by atoms with Crippen LogP contribution in [0.25, 0.3) is 0 Å². The summed E-state index contributed by atoms with van der Waals surface area (Å²) in [6, 6.07) is 0. The Balaban J connectivity index is 4.29. The van der Waals surface area contributed by atoms with Crippen LogP contribution in [-0.2, 0) is 32.7 Å². The lowest BCUT2D eigenvalue weighted by Gasteiger charge is -2.19. The smallest absolute Gasteiger partial charge is 0.462 e. The van der Waals surface area contributed by atoms with Crippen molar-refractivity contribution in [1.29, 1.82) is 0 Å². The highest BCUT2D eigenvalue weighted by Gasteiger charge is 2.25. The van der Waals surface area contributed by atoms with Crippen molar-refractivity contribution in [2.75, 3.05) is 26.4 Å². The first-order valence-corrected chi connectivity index (χ1v) is 22.6. The molecule has 0 fully saturated rings. The molecule has 53 heavy (non-hydrogen) atoms. The Morgan fingerprint density at radius 1 is 0.566 bits per heavy atom. The van der Waals surface area contributed by atoms with Gasteiger partial charge in [0.25, 0.3) is 0 Å². The summed E-state index contributed by atoms with van der Waals surface area (Å²) in [4.78, 5) is 34.8. The molecule has 0 spiro atoms. The molecule has 2 unspecified atom stereocenters. The molecule has 0 saturated carbocycles. The summed E-state index contributed by atoms with van der Waals surface area (Å²) in [5.41, 5.74) is 5.33. The van der Waals surface area contributed by atoms with Gasteiger partial charge in [0, 0.05) is 19.4 Å². The van der Waals surface area contributed by atoms with Gasteiger partial charge in [0.05, 0.1) is 13.2 Å².